The van der Waals surface area contributed by atoms with Crippen LogP contribution in [0.4, 0.5) is 0 Å². The highest BCUT2D eigenvalue weighted by Gasteiger charge is 2.22. The lowest BCUT2D eigenvalue weighted by molar-refractivity contribution is 0.0600. The second-order valence-corrected chi connectivity index (χ2v) is 5.82. The van der Waals surface area contributed by atoms with Gasteiger partial charge in [0.15, 0.2) is 0 Å². The van der Waals surface area contributed by atoms with Gasteiger partial charge < -0.3 is 9.47 Å². The molecule has 0 aliphatic heterocycles. The van der Waals surface area contributed by atoms with Gasteiger partial charge in [-0.1, -0.05) is 0 Å². The molecule has 1 N–H and O–H groups in total. The van der Waals surface area contributed by atoms with Crippen molar-refractivity contribution in [3.8, 4) is 5.75 Å². The monoisotopic (exact) mass is 287 g/mol. The van der Waals surface area contributed by atoms with Crippen molar-refractivity contribution in [2.75, 3.05) is 14.2 Å². The van der Waals surface area contributed by atoms with Gasteiger partial charge in [-0.25, -0.2) is 17.9 Å². The van der Waals surface area contributed by atoms with Crippen LogP contribution in [-0.4, -0.2) is 34.6 Å². The van der Waals surface area contributed by atoms with Crippen LogP contribution in [0, 0.1) is 0 Å². The van der Waals surface area contributed by atoms with Crippen LogP contribution in [-0.2, 0) is 14.8 Å². The Morgan fingerprint density at radius 3 is 2.37 bits per heavy atom. The number of carbonyl (C=O) groups excluding carboxylic acids is 1. The fraction of sp³-hybridized carbons (Fsp3) is 0.417. The Hall–Kier alpha value is -1.60. The molecule has 19 heavy (non-hydrogen) atoms. The maximum absolute atomic E-state index is 12.1. The van der Waals surface area contributed by atoms with Gasteiger partial charge in [-0.2, -0.15) is 0 Å². The smallest absolute Gasteiger partial charge is 0.337 e. The summed E-state index contributed by atoms with van der Waals surface area (Å²) < 4.78 is 36.3. The predicted molar refractivity (Wildman–Crippen MR) is 69.8 cm³/mol. The van der Waals surface area contributed by atoms with E-state index in [-0.39, 0.29) is 22.3 Å². The van der Waals surface area contributed by atoms with E-state index in [1.54, 1.807) is 13.8 Å². The number of nitrogens with one attached hydrogen (secondary N) is 1. The van der Waals surface area contributed by atoms with Crippen LogP contribution in [0.15, 0.2) is 23.1 Å². The molecule has 0 atom stereocenters. The Bertz CT molecular complexity index is 565. The van der Waals surface area contributed by atoms with Crippen molar-refractivity contribution in [3.05, 3.63) is 23.8 Å². The molecule has 0 saturated heterocycles. The molecule has 6 nitrogen and oxygen atoms in total. The zero-order valence-electron chi connectivity index (χ0n) is 11.3. The van der Waals surface area contributed by atoms with E-state index in [2.05, 4.69) is 9.46 Å². The summed E-state index contributed by atoms with van der Waals surface area (Å²) in [4.78, 5) is 11.3. The van der Waals surface area contributed by atoms with E-state index < -0.39 is 16.0 Å². The summed E-state index contributed by atoms with van der Waals surface area (Å²) in [5.74, 6) is -0.440. The molecular formula is C12H17NO5S. The summed E-state index contributed by atoms with van der Waals surface area (Å²) in [7, 11) is -1.16. The minimum absolute atomic E-state index is 0.0911. The lowest BCUT2D eigenvalue weighted by Gasteiger charge is -2.13. The van der Waals surface area contributed by atoms with E-state index in [0.717, 1.165) is 0 Å². The minimum Gasteiger partial charge on any atom is -0.495 e. The summed E-state index contributed by atoms with van der Waals surface area (Å²) in [6.45, 7) is 3.41. The van der Waals surface area contributed by atoms with Crippen LogP contribution in [0.2, 0.25) is 0 Å². The highest BCUT2D eigenvalue weighted by Crippen LogP contribution is 2.25. The molecule has 7 heteroatoms. The average Bonchev–Trinajstić information content (AvgIpc) is 2.35. The fourth-order valence-electron chi connectivity index (χ4n) is 1.51. The van der Waals surface area contributed by atoms with Crippen molar-refractivity contribution < 1.29 is 22.7 Å². The maximum Gasteiger partial charge on any atom is 0.337 e. The molecule has 1 rings (SSSR count). The Morgan fingerprint density at radius 1 is 1.26 bits per heavy atom. The number of methoxy groups -OCH3 is 2. The van der Waals surface area contributed by atoms with Gasteiger partial charge in [0.1, 0.15) is 10.6 Å². The van der Waals surface area contributed by atoms with E-state index in [9.17, 15) is 13.2 Å². The molecule has 0 fully saturated rings. The molecule has 0 unspecified atom stereocenters. The topological polar surface area (TPSA) is 81.7 Å². The van der Waals surface area contributed by atoms with E-state index in [1.165, 1.54) is 32.4 Å². The lowest BCUT2D eigenvalue weighted by Crippen LogP contribution is -2.30. The number of esters is 1. The van der Waals surface area contributed by atoms with Crippen molar-refractivity contribution in [1.82, 2.24) is 4.72 Å². The Morgan fingerprint density at radius 2 is 1.89 bits per heavy atom. The molecule has 0 aliphatic rings. The van der Waals surface area contributed by atoms with Crippen LogP contribution < -0.4 is 9.46 Å². The standard InChI is InChI=1S/C12H17NO5S/c1-8(2)13-19(15,16)11-7-9(12(14)18-4)5-6-10(11)17-3/h5-8,13H,1-4H3. The fourth-order valence-corrected chi connectivity index (χ4v) is 2.95. The zero-order valence-corrected chi connectivity index (χ0v) is 12.1. The molecule has 0 saturated carbocycles. The summed E-state index contributed by atoms with van der Waals surface area (Å²) in [6.07, 6.45) is 0. The molecule has 0 spiro atoms. The molecule has 1 aromatic carbocycles. The first-order chi connectivity index (χ1) is 8.81. The molecule has 0 radical (unpaired) electrons. The highest BCUT2D eigenvalue weighted by molar-refractivity contribution is 7.89. The molecular weight excluding hydrogens is 270 g/mol. The van der Waals surface area contributed by atoms with Gasteiger partial charge in [-0.15, -0.1) is 0 Å². The molecule has 0 bridgehead atoms. The number of sulfonamides is 1. The Balaban J connectivity index is 3.35. The van der Waals surface area contributed by atoms with E-state index >= 15 is 0 Å². The van der Waals surface area contributed by atoms with Gasteiger partial charge in [-0.3, -0.25) is 0 Å². The van der Waals surface area contributed by atoms with Crippen molar-refractivity contribution in [2.45, 2.75) is 24.8 Å². The Kier molecular flexibility index (Phi) is 4.90. The largest absolute Gasteiger partial charge is 0.495 e. The second-order valence-electron chi connectivity index (χ2n) is 4.13. The molecule has 0 heterocycles. The van der Waals surface area contributed by atoms with Crippen molar-refractivity contribution >= 4 is 16.0 Å². The molecule has 0 amide bonds. The van der Waals surface area contributed by atoms with Crippen molar-refractivity contribution in [3.63, 3.8) is 0 Å². The normalized spacial score (nSPS) is 11.4. The minimum atomic E-state index is -3.75. The lowest BCUT2D eigenvalue weighted by atomic mass is 10.2. The second kappa shape index (κ2) is 6.03. The van der Waals surface area contributed by atoms with Gasteiger partial charge in [0, 0.05) is 6.04 Å². The summed E-state index contributed by atoms with van der Waals surface area (Å²) in [5.41, 5.74) is 0.146. The number of hydrogen-bond donors (Lipinski definition) is 1. The van der Waals surface area contributed by atoms with Gasteiger partial charge >= 0.3 is 5.97 Å². The van der Waals surface area contributed by atoms with Gasteiger partial charge in [0.2, 0.25) is 10.0 Å². The van der Waals surface area contributed by atoms with Crippen LogP contribution >= 0.6 is 0 Å². The first-order valence-electron chi connectivity index (χ1n) is 5.60. The summed E-state index contributed by atoms with van der Waals surface area (Å²) in [5, 5.41) is 0. The number of carbonyl (C=O) groups is 1. The quantitative estimate of drug-likeness (QED) is 0.822. The van der Waals surface area contributed by atoms with Crippen LogP contribution in [0.25, 0.3) is 0 Å². The van der Waals surface area contributed by atoms with Crippen LogP contribution in [0.3, 0.4) is 0 Å². The molecule has 106 valence electrons. The van der Waals surface area contributed by atoms with Crippen molar-refractivity contribution in [1.29, 1.82) is 0 Å². The van der Waals surface area contributed by atoms with Gasteiger partial charge in [0.25, 0.3) is 0 Å². The third kappa shape index (κ3) is 3.68. The van der Waals surface area contributed by atoms with E-state index in [1.807, 2.05) is 0 Å². The van der Waals surface area contributed by atoms with Gasteiger partial charge in [-0.05, 0) is 32.0 Å². The van der Waals surface area contributed by atoms with Gasteiger partial charge in [0.05, 0.1) is 19.8 Å². The first kappa shape index (κ1) is 15.5. The van der Waals surface area contributed by atoms with Crippen LogP contribution in [0.5, 0.6) is 5.75 Å². The molecule has 0 aliphatic carbocycles. The third-order valence-electron chi connectivity index (χ3n) is 2.27. The molecule has 1 aromatic rings. The third-order valence-corrected chi connectivity index (χ3v) is 3.94. The summed E-state index contributed by atoms with van der Waals surface area (Å²) in [6, 6.07) is 3.83. The number of ether oxygens (including phenoxy) is 2. The van der Waals surface area contributed by atoms with Crippen LogP contribution in [0.1, 0.15) is 24.2 Å². The predicted octanol–water partition coefficient (Wildman–Crippen LogP) is 1.17. The average molecular weight is 287 g/mol. The Labute approximate surface area is 112 Å². The van der Waals surface area contributed by atoms with E-state index in [4.69, 9.17) is 4.74 Å². The number of hydrogen-bond acceptors (Lipinski definition) is 5. The zero-order chi connectivity index (χ0) is 14.6. The number of rotatable bonds is 5. The first-order valence-corrected chi connectivity index (χ1v) is 7.09. The SMILES string of the molecule is COC(=O)c1ccc(OC)c(S(=O)(=O)NC(C)C)c1. The van der Waals surface area contributed by atoms with E-state index in [0.29, 0.717) is 0 Å². The van der Waals surface area contributed by atoms with Crippen molar-refractivity contribution in [2.24, 2.45) is 0 Å². The maximum atomic E-state index is 12.1. The molecule has 0 aromatic heterocycles. The highest BCUT2D eigenvalue weighted by atomic mass is 32.2. The number of benzene rings is 1. The summed E-state index contributed by atoms with van der Waals surface area (Å²) >= 11 is 0.